The number of aromatic nitrogens is 3. The number of ether oxygens (including phenoxy) is 3. The third kappa shape index (κ3) is 7.07. The SMILES string of the molecule is CCCC(=O)Nc1ccc(-n2cc(CCCOc3c(OC)cccc3OC(C)=O)c(C(C)C)n2)nc1. The second-order valence-electron chi connectivity index (χ2n) is 8.68. The minimum atomic E-state index is -0.424. The Balaban J connectivity index is 1.67. The van der Waals surface area contributed by atoms with Crippen LogP contribution in [0, 0.1) is 0 Å². The molecule has 0 aliphatic carbocycles. The summed E-state index contributed by atoms with van der Waals surface area (Å²) in [5, 5.41) is 7.60. The number of nitrogens with one attached hydrogen (secondary N) is 1. The van der Waals surface area contributed by atoms with Crippen LogP contribution in [0.2, 0.25) is 0 Å². The highest BCUT2D eigenvalue weighted by Gasteiger charge is 2.16. The number of carbonyl (C=O) groups excluding carboxylic acids is 2. The van der Waals surface area contributed by atoms with Crippen molar-refractivity contribution in [3.8, 4) is 23.1 Å². The lowest BCUT2D eigenvalue weighted by molar-refractivity contribution is -0.132. The number of pyridine rings is 1. The van der Waals surface area contributed by atoms with Gasteiger partial charge in [0.2, 0.25) is 11.7 Å². The maximum atomic E-state index is 11.8. The van der Waals surface area contributed by atoms with Crippen molar-refractivity contribution in [2.75, 3.05) is 19.0 Å². The standard InChI is InChI=1S/C27H34N4O5/c1-6-9-25(33)29-21-13-14-24(28-16-21)31-17-20(26(30-31)18(2)3)10-8-15-35-27-22(34-5)11-7-12-23(27)36-19(4)32/h7,11-14,16-18H,6,8-10,15H2,1-5H3,(H,29,33). The van der Waals surface area contributed by atoms with E-state index in [4.69, 9.17) is 19.3 Å². The number of hydrogen-bond acceptors (Lipinski definition) is 7. The molecule has 0 atom stereocenters. The van der Waals surface area contributed by atoms with Gasteiger partial charge < -0.3 is 19.5 Å². The van der Waals surface area contributed by atoms with Crippen molar-refractivity contribution in [1.29, 1.82) is 0 Å². The van der Waals surface area contributed by atoms with E-state index in [-0.39, 0.29) is 11.8 Å². The van der Waals surface area contributed by atoms with Crippen molar-refractivity contribution in [2.45, 2.75) is 59.3 Å². The fraction of sp³-hybridized carbons (Fsp3) is 0.407. The lowest BCUT2D eigenvalue weighted by Gasteiger charge is -2.14. The van der Waals surface area contributed by atoms with Crippen LogP contribution in [0.15, 0.2) is 42.7 Å². The number of carbonyl (C=O) groups is 2. The molecule has 0 unspecified atom stereocenters. The molecule has 1 aromatic carbocycles. The first-order valence-corrected chi connectivity index (χ1v) is 12.1. The van der Waals surface area contributed by atoms with E-state index in [1.54, 1.807) is 36.2 Å². The van der Waals surface area contributed by atoms with Crippen molar-refractivity contribution in [3.05, 3.63) is 54.0 Å². The Morgan fingerprint density at radius 2 is 1.92 bits per heavy atom. The minimum Gasteiger partial charge on any atom is -0.493 e. The summed E-state index contributed by atoms with van der Waals surface area (Å²) in [7, 11) is 1.54. The highest BCUT2D eigenvalue weighted by Crippen LogP contribution is 2.37. The van der Waals surface area contributed by atoms with E-state index < -0.39 is 5.97 Å². The van der Waals surface area contributed by atoms with Crippen molar-refractivity contribution in [1.82, 2.24) is 14.8 Å². The first-order chi connectivity index (χ1) is 17.3. The lowest BCUT2D eigenvalue weighted by Crippen LogP contribution is -2.11. The highest BCUT2D eigenvalue weighted by atomic mass is 16.6. The van der Waals surface area contributed by atoms with Gasteiger partial charge in [-0.25, -0.2) is 9.67 Å². The molecular formula is C27H34N4O5. The molecule has 2 aromatic heterocycles. The average Bonchev–Trinajstić information content (AvgIpc) is 3.27. The predicted octanol–water partition coefficient (Wildman–Crippen LogP) is 5.07. The summed E-state index contributed by atoms with van der Waals surface area (Å²) in [6, 6.07) is 8.84. The summed E-state index contributed by atoms with van der Waals surface area (Å²) in [5.74, 6) is 1.71. The van der Waals surface area contributed by atoms with E-state index in [1.807, 2.05) is 25.3 Å². The molecule has 0 spiro atoms. The molecule has 3 rings (SSSR count). The molecule has 2 heterocycles. The number of amides is 1. The molecule has 1 amide bonds. The van der Waals surface area contributed by atoms with Crippen LogP contribution in [-0.4, -0.2) is 40.4 Å². The summed E-state index contributed by atoms with van der Waals surface area (Å²) in [4.78, 5) is 27.7. The Bertz CT molecular complexity index is 1170. The predicted molar refractivity (Wildman–Crippen MR) is 137 cm³/mol. The van der Waals surface area contributed by atoms with Gasteiger partial charge in [-0.2, -0.15) is 5.10 Å². The van der Waals surface area contributed by atoms with Crippen LogP contribution in [-0.2, 0) is 16.0 Å². The van der Waals surface area contributed by atoms with E-state index in [2.05, 4.69) is 24.1 Å². The van der Waals surface area contributed by atoms with E-state index >= 15 is 0 Å². The Morgan fingerprint density at radius 1 is 1.14 bits per heavy atom. The summed E-state index contributed by atoms with van der Waals surface area (Å²) in [6.45, 7) is 7.92. The zero-order valence-corrected chi connectivity index (χ0v) is 21.5. The van der Waals surface area contributed by atoms with Crippen molar-refractivity contribution >= 4 is 17.6 Å². The number of hydrogen-bond donors (Lipinski definition) is 1. The molecule has 1 N–H and O–H groups in total. The Kier molecular flexibility index (Phi) is 9.44. The smallest absolute Gasteiger partial charge is 0.308 e. The zero-order valence-electron chi connectivity index (χ0n) is 21.5. The fourth-order valence-corrected chi connectivity index (χ4v) is 3.74. The summed E-state index contributed by atoms with van der Waals surface area (Å²) < 4.78 is 18.4. The van der Waals surface area contributed by atoms with Gasteiger partial charge in [0.15, 0.2) is 17.3 Å². The largest absolute Gasteiger partial charge is 0.493 e. The Labute approximate surface area is 211 Å². The van der Waals surface area contributed by atoms with Crippen LogP contribution in [0.5, 0.6) is 17.2 Å². The molecule has 0 saturated heterocycles. The number of aryl methyl sites for hydroxylation is 1. The van der Waals surface area contributed by atoms with E-state index in [9.17, 15) is 9.59 Å². The molecule has 0 bridgehead atoms. The molecule has 9 nitrogen and oxygen atoms in total. The monoisotopic (exact) mass is 494 g/mol. The van der Waals surface area contributed by atoms with Gasteiger partial charge in [0.25, 0.3) is 0 Å². The molecule has 192 valence electrons. The van der Waals surface area contributed by atoms with Crippen molar-refractivity contribution in [2.24, 2.45) is 0 Å². The minimum absolute atomic E-state index is 0.0224. The first kappa shape index (κ1) is 26.7. The molecule has 9 heteroatoms. The van der Waals surface area contributed by atoms with Crippen molar-refractivity contribution < 1.29 is 23.8 Å². The number of benzene rings is 1. The van der Waals surface area contributed by atoms with Gasteiger partial charge >= 0.3 is 5.97 Å². The maximum absolute atomic E-state index is 11.8. The van der Waals surface area contributed by atoms with Gasteiger partial charge in [-0.15, -0.1) is 0 Å². The molecule has 3 aromatic rings. The zero-order chi connectivity index (χ0) is 26.1. The molecule has 0 radical (unpaired) electrons. The normalized spacial score (nSPS) is 10.8. The van der Waals surface area contributed by atoms with Gasteiger partial charge in [-0.1, -0.05) is 26.8 Å². The summed E-state index contributed by atoms with van der Waals surface area (Å²) in [5.41, 5.74) is 2.77. The Hall–Kier alpha value is -3.88. The van der Waals surface area contributed by atoms with Crippen LogP contribution >= 0.6 is 0 Å². The quantitative estimate of drug-likeness (QED) is 0.213. The lowest BCUT2D eigenvalue weighted by atomic mass is 10.0. The second-order valence-corrected chi connectivity index (χ2v) is 8.68. The molecule has 0 fully saturated rings. The van der Waals surface area contributed by atoms with Crippen LogP contribution in [0.3, 0.4) is 0 Å². The molecule has 0 aliphatic heterocycles. The highest BCUT2D eigenvalue weighted by molar-refractivity contribution is 5.90. The number of nitrogens with zero attached hydrogens (tertiary/aromatic N) is 3. The van der Waals surface area contributed by atoms with E-state index in [0.29, 0.717) is 41.8 Å². The van der Waals surface area contributed by atoms with Crippen LogP contribution < -0.4 is 19.5 Å². The van der Waals surface area contributed by atoms with Crippen LogP contribution in [0.4, 0.5) is 5.69 Å². The number of esters is 1. The van der Waals surface area contributed by atoms with Crippen LogP contribution in [0.25, 0.3) is 5.82 Å². The van der Waals surface area contributed by atoms with E-state index in [1.165, 1.54) is 6.92 Å². The van der Waals surface area contributed by atoms with E-state index in [0.717, 1.165) is 30.5 Å². The number of rotatable bonds is 12. The molecular weight excluding hydrogens is 460 g/mol. The summed E-state index contributed by atoms with van der Waals surface area (Å²) in [6.07, 6.45) is 6.37. The molecule has 0 aliphatic rings. The van der Waals surface area contributed by atoms with Gasteiger partial charge in [0.1, 0.15) is 0 Å². The first-order valence-electron chi connectivity index (χ1n) is 12.1. The van der Waals surface area contributed by atoms with Gasteiger partial charge in [0.05, 0.1) is 31.3 Å². The van der Waals surface area contributed by atoms with Gasteiger partial charge in [0, 0.05) is 19.5 Å². The molecule has 36 heavy (non-hydrogen) atoms. The maximum Gasteiger partial charge on any atom is 0.308 e. The van der Waals surface area contributed by atoms with Gasteiger partial charge in [-0.05, 0) is 55.0 Å². The number of methoxy groups -OCH3 is 1. The molecule has 0 saturated carbocycles. The number of para-hydroxylation sites is 1. The topological polar surface area (TPSA) is 105 Å². The van der Waals surface area contributed by atoms with Crippen LogP contribution in [0.1, 0.15) is 64.1 Å². The Morgan fingerprint density at radius 3 is 2.56 bits per heavy atom. The third-order valence-corrected chi connectivity index (χ3v) is 5.37. The van der Waals surface area contributed by atoms with Crippen molar-refractivity contribution in [3.63, 3.8) is 0 Å². The average molecular weight is 495 g/mol. The second kappa shape index (κ2) is 12.7. The third-order valence-electron chi connectivity index (χ3n) is 5.37. The fourth-order valence-electron chi connectivity index (χ4n) is 3.74. The summed E-state index contributed by atoms with van der Waals surface area (Å²) >= 11 is 0. The van der Waals surface area contributed by atoms with Gasteiger partial charge in [-0.3, -0.25) is 9.59 Å². The number of anilines is 1.